The molecule has 1 unspecified atom stereocenters. The molecule has 0 aliphatic carbocycles. The van der Waals surface area contributed by atoms with Crippen LogP contribution in [-0.2, 0) is 11.2 Å². The van der Waals surface area contributed by atoms with Gasteiger partial charge in [0.2, 0.25) is 0 Å². The zero-order chi connectivity index (χ0) is 19.6. The Bertz CT molecular complexity index is 949. The molecule has 2 aromatic heterocycles. The molecule has 0 bridgehead atoms. The topological polar surface area (TPSA) is 52.7 Å². The fraction of sp³-hybridized carbons (Fsp3) is 0.522. The molecular formula is C23H29N3O3. The fourth-order valence-electron chi connectivity index (χ4n) is 4.56. The summed E-state index contributed by atoms with van der Waals surface area (Å²) in [4.78, 5) is 2.49. The second kappa shape index (κ2) is 8.20. The molecule has 1 aromatic carbocycles. The highest BCUT2D eigenvalue weighted by atomic mass is 16.5. The van der Waals surface area contributed by atoms with Gasteiger partial charge in [-0.3, -0.25) is 0 Å². The Balaban J connectivity index is 1.19. The smallest absolute Gasteiger partial charge is 0.138 e. The Morgan fingerprint density at radius 1 is 1.17 bits per heavy atom. The number of hydrogen-bond acceptors (Lipinski definition) is 5. The molecule has 0 spiro atoms. The van der Waals surface area contributed by atoms with E-state index in [0.717, 1.165) is 75.7 Å². The summed E-state index contributed by atoms with van der Waals surface area (Å²) in [5, 5.41) is 5.18. The van der Waals surface area contributed by atoms with Gasteiger partial charge in [0, 0.05) is 50.3 Å². The van der Waals surface area contributed by atoms with Crippen LogP contribution in [0.3, 0.4) is 0 Å². The minimum atomic E-state index is 0.280. The molecule has 2 saturated heterocycles. The molecule has 1 atom stereocenters. The molecule has 0 amide bonds. The summed E-state index contributed by atoms with van der Waals surface area (Å²) in [6.07, 6.45) is 6.59. The van der Waals surface area contributed by atoms with Crippen molar-refractivity contribution < 1.29 is 14.0 Å². The molecule has 0 N–H and O–H groups in total. The van der Waals surface area contributed by atoms with Gasteiger partial charge in [-0.15, -0.1) is 0 Å². The summed E-state index contributed by atoms with van der Waals surface area (Å²) >= 11 is 0. The minimum absolute atomic E-state index is 0.280. The van der Waals surface area contributed by atoms with E-state index < -0.39 is 0 Å². The van der Waals surface area contributed by atoms with Crippen molar-refractivity contribution in [1.82, 2.24) is 14.6 Å². The van der Waals surface area contributed by atoms with E-state index in [2.05, 4.69) is 45.1 Å². The van der Waals surface area contributed by atoms with Crippen LogP contribution in [-0.4, -0.2) is 53.6 Å². The lowest BCUT2D eigenvalue weighted by molar-refractivity contribution is 0.101. The number of aryl methyl sites for hydroxylation is 1. The van der Waals surface area contributed by atoms with Crippen molar-refractivity contribution in [3.05, 3.63) is 48.0 Å². The molecule has 4 heterocycles. The first-order valence-electron chi connectivity index (χ1n) is 10.7. The molecule has 2 aliphatic heterocycles. The minimum Gasteiger partial charge on any atom is -0.490 e. The summed E-state index contributed by atoms with van der Waals surface area (Å²) < 4.78 is 19.7. The van der Waals surface area contributed by atoms with E-state index in [1.807, 2.05) is 13.0 Å². The lowest BCUT2D eigenvalue weighted by Crippen LogP contribution is -2.39. The van der Waals surface area contributed by atoms with Gasteiger partial charge in [-0.05, 0) is 44.4 Å². The quantitative estimate of drug-likeness (QED) is 0.632. The van der Waals surface area contributed by atoms with E-state index in [1.165, 1.54) is 10.9 Å². The maximum absolute atomic E-state index is 6.46. The van der Waals surface area contributed by atoms with Gasteiger partial charge in [0.15, 0.2) is 0 Å². The molecule has 29 heavy (non-hydrogen) atoms. The molecule has 2 aliphatic rings. The Hall–Kier alpha value is -2.31. The van der Waals surface area contributed by atoms with Gasteiger partial charge in [0.1, 0.15) is 17.6 Å². The van der Waals surface area contributed by atoms with Crippen LogP contribution in [0.2, 0.25) is 0 Å². The number of nitrogens with zero attached hydrogens (tertiary/aromatic N) is 3. The monoisotopic (exact) mass is 395 g/mol. The standard InChI is InChI=1S/C23H29N3O3/c1-17-15-20(29-24-17)7-12-25-10-5-19(6-11-25)28-23-4-2-3-22-21(23)8-13-26(22)18-9-14-27-16-18/h2-4,8,13,15,18-19H,5-7,9-12,14,16H2,1H3. The van der Waals surface area contributed by atoms with E-state index in [0.29, 0.717) is 6.04 Å². The van der Waals surface area contributed by atoms with Gasteiger partial charge in [-0.25, -0.2) is 0 Å². The average Bonchev–Trinajstić information content (AvgIpc) is 3.48. The van der Waals surface area contributed by atoms with Gasteiger partial charge in [0.05, 0.1) is 23.9 Å². The number of benzene rings is 1. The summed E-state index contributed by atoms with van der Waals surface area (Å²) in [7, 11) is 0. The van der Waals surface area contributed by atoms with Crippen LogP contribution in [0.25, 0.3) is 10.9 Å². The molecule has 154 valence electrons. The highest BCUT2D eigenvalue weighted by molar-refractivity contribution is 5.86. The fourth-order valence-corrected chi connectivity index (χ4v) is 4.56. The van der Waals surface area contributed by atoms with Crippen molar-refractivity contribution in [2.75, 3.05) is 32.8 Å². The molecule has 6 heteroatoms. The number of piperidine rings is 1. The van der Waals surface area contributed by atoms with Crippen LogP contribution in [0.1, 0.15) is 36.8 Å². The lowest BCUT2D eigenvalue weighted by Gasteiger charge is -2.32. The van der Waals surface area contributed by atoms with E-state index in [9.17, 15) is 0 Å². The highest BCUT2D eigenvalue weighted by Gasteiger charge is 2.23. The molecule has 5 rings (SSSR count). The summed E-state index contributed by atoms with van der Waals surface area (Å²) in [5.74, 6) is 1.99. The zero-order valence-corrected chi connectivity index (χ0v) is 17.0. The molecule has 0 radical (unpaired) electrons. The highest BCUT2D eigenvalue weighted by Crippen LogP contribution is 2.32. The third-order valence-electron chi connectivity index (χ3n) is 6.20. The number of hydrogen-bond donors (Lipinski definition) is 0. The van der Waals surface area contributed by atoms with Crippen LogP contribution in [0, 0.1) is 6.92 Å². The van der Waals surface area contributed by atoms with Gasteiger partial charge in [0.25, 0.3) is 0 Å². The number of ether oxygens (including phenoxy) is 2. The lowest BCUT2D eigenvalue weighted by atomic mass is 10.1. The van der Waals surface area contributed by atoms with Gasteiger partial charge in [-0.1, -0.05) is 11.2 Å². The number of likely N-dealkylation sites (tertiary alicyclic amines) is 1. The van der Waals surface area contributed by atoms with Crippen molar-refractivity contribution >= 4 is 10.9 Å². The van der Waals surface area contributed by atoms with E-state index in [-0.39, 0.29) is 6.10 Å². The van der Waals surface area contributed by atoms with Crippen LogP contribution in [0.4, 0.5) is 0 Å². The first-order valence-corrected chi connectivity index (χ1v) is 10.7. The maximum atomic E-state index is 6.46. The predicted molar refractivity (Wildman–Crippen MR) is 111 cm³/mol. The number of rotatable bonds is 6. The van der Waals surface area contributed by atoms with Crippen molar-refractivity contribution in [2.45, 2.75) is 44.8 Å². The van der Waals surface area contributed by atoms with Gasteiger partial charge in [-0.2, -0.15) is 0 Å². The third-order valence-corrected chi connectivity index (χ3v) is 6.20. The third kappa shape index (κ3) is 4.05. The second-order valence-corrected chi connectivity index (χ2v) is 8.27. The van der Waals surface area contributed by atoms with Crippen LogP contribution in [0.5, 0.6) is 5.75 Å². The van der Waals surface area contributed by atoms with Crippen molar-refractivity contribution in [1.29, 1.82) is 0 Å². The molecule has 6 nitrogen and oxygen atoms in total. The van der Waals surface area contributed by atoms with E-state index >= 15 is 0 Å². The van der Waals surface area contributed by atoms with Gasteiger partial charge < -0.3 is 23.5 Å². The molecule has 2 fully saturated rings. The predicted octanol–water partition coefficient (Wildman–Crippen LogP) is 3.99. The Kier molecular flexibility index (Phi) is 5.29. The Labute approximate surface area is 171 Å². The summed E-state index contributed by atoms with van der Waals surface area (Å²) in [5.41, 5.74) is 2.20. The molecule has 3 aromatic rings. The second-order valence-electron chi connectivity index (χ2n) is 8.27. The summed E-state index contributed by atoms with van der Waals surface area (Å²) in [6, 6.07) is 11.1. The van der Waals surface area contributed by atoms with Crippen LogP contribution < -0.4 is 4.74 Å². The van der Waals surface area contributed by atoms with Crippen LogP contribution in [0.15, 0.2) is 41.1 Å². The average molecular weight is 396 g/mol. The maximum Gasteiger partial charge on any atom is 0.138 e. The van der Waals surface area contributed by atoms with E-state index in [1.54, 1.807) is 0 Å². The first kappa shape index (κ1) is 18.7. The Morgan fingerprint density at radius 3 is 2.83 bits per heavy atom. The van der Waals surface area contributed by atoms with Gasteiger partial charge >= 0.3 is 0 Å². The number of aromatic nitrogens is 2. The number of fused-ring (bicyclic) bond motifs is 1. The Morgan fingerprint density at radius 2 is 2.07 bits per heavy atom. The SMILES string of the molecule is Cc1cc(CCN2CCC(Oc3cccc4c3ccn4C3CCOC3)CC2)on1. The largest absolute Gasteiger partial charge is 0.490 e. The molecule has 0 saturated carbocycles. The van der Waals surface area contributed by atoms with Crippen molar-refractivity contribution in [3.63, 3.8) is 0 Å². The normalized spacial score (nSPS) is 21.2. The van der Waals surface area contributed by atoms with Crippen molar-refractivity contribution in [2.24, 2.45) is 0 Å². The molecular weight excluding hydrogens is 366 g/mol. The van der Waals surface area contributed by atoms with E-state index in [4.69, 9.17) is 14.0 Å². The summed E-state index contributed by atoms with van der Waals surface area (Å²) in [6.45, 7) is 6.77. The zero-order valence-electron chi connectivity index (χ0n) is 17.0. The van der Waals surface area contributed by atoms with Crippen molar-refractivity contribution in [3.8, 4) is 5.75 Å². The van der Waals surface area contributed by atoms with Crippen LogP contribution >= 0.6 is 0 Å². The first-order chi connectivity index (χ1) is 14.3.